The summed E-state index contributed by atoms with van der Waals surface area (Å²) in [7, 11) is 0. The normalized spacial score (nSPS) is 14.4. The van der Waals surface area contributed by atoms with Gasteiger partial charge in [0.05, 0.1) is 10.2 Å². The Morgan fingerprint density at radius 2 is 1.83 bits per heavy atom. The number of hydrogen-bond acceptors (Lipinski definition) is 2. The minimum atomic E-state index is -0.267. The Balaban J connectivity index is 1.56. The molecule has 5 heteroatoms. The van der Waals surface area contributed by atoms with Gasteiger partial charge in [-0.15, -0.1) is 0 Å². The van der Waals surface area contributed by atoms with Gasteiger partial charge in [0, 0.05) is 17.7 Å². The third kappa shape index (κ3) is 3.96. The van der Waals surface area contributed by atoms with E-state index in [-0.39, 0.29) is 11.7 Å². The van der Waals surface area contributed by atoms with Crippen LogP contribution in [-0.2, 0) is 11.4 Å². The Morgan fingerprint density at radius 3 is 2.55 bits per heavy atom. The van der Waals surface area contributed by atoms with E-state index in [2.05, 4.69) is 15.9 Å². The van der Waals surface area contributed by atoms with Crippen LogP contribution in [0.3, 0.4) is 0 Å². The van der Waals surface area contributed by atoms with Crippen LogP contribution < -0.4 is 9.64 Å². The van der Waals surface area contributed by atoms with Gasteiger partial charge in [0.15, 0.2) is 0 Å². The lowest BCUT2D eigenvalue weighted by atomic mass is 10.0. The number of likely N-dealkylation sites (N-methyl/N-ethyl adjacent to an activating group) is 1. The summed E-state index contributed by atoms with van der Waals surface area (Å²) >= 11 is 3.54. The maximum atomic E-state index is 13.0. The fourth-order valence-electron chi connectivity index (χ4n) is 3.39. The van der Waals surface area contributed by atoms with E-state index in [9.17, 15) is 9.18 Å². The van der Waals surface area contributed by atoms with Crippen LogP contribution in [0.5, 0.6) is 5.75 Å². The molecule has 3 aromatic rings. The SMILES string of the molecule is CCN1C(=O)/C(=C\c2ccc(OCc3ccc(F)cc3)c(Br)c2)c2ccccc21. The Hall–Kier alpha value is -2.92. The second-order valence-electron chi connectivity index (χ2n) is 6.73. The minimum Gasteiger partial charge on any atom is -0.488 e. The topological polar surface area (TPSA) is 29.5 Å². The molecular formula is C24H19BrFNO2. The Kier molecular flexibility index (Phi) is 5.49. The van der Waals surface area contributed by atoms with E-state index in [1.165, 1.54) is 12.1 Å². The molecule has 0 radical (unpaired) electrons. The average molecular weight is 452 g/mol. The number of amides is 1. The van der Waals surface area contributed by atoms with Crippen molar-refractivity contribution < 1.29 is 13.9 Å². The molecule has 146 valence electrons. The molecule has 1 aliphatic heterocycles. The van der Waals surface area contributed by atoms with Crippen molar-refractivity contribution in [1.82, 2.24) is 0 Å². The zero-order chi connectivity index (χ0) is 20.4. The lowest BCUT2D eigenvalue weighted by Crippen LogP contribution is -2.25. The Labute approximate surface area is 177 Å². The van der Waals surface area contributed by atoms with Gasteiger partial charge in [-0.3, -0.25) is 4.79 Å². The molecule has 29 heavy (non-hydrogen) atoms. The van der Waals surface area contributed by atoms with Gasteiger partial charge in [-0.1, -0.05) is 36.4 Å². The van der Waals surface area contributed by atoms with Crippen molar-refractivity contribution in [3.8, 4) is 5.75 Å². The minimum absolute atomic E-state index is 0.0152. The van der Waals surface area contributed by atoms with Gasteiger partial charge in [-0.2, -0.15) is 0 Å². The van der Waals surface area contributed by atoms with Crippen molar-refractivity contribution in [3.05, 3.63) is 93.7 Å². The molecule has 0 saturated heterocycles. The van der Waals surface area contributed by atoms with Crippen molar-refractivity contribution in [3.63, 3.8) is 0 Å². The van der Waals surface area contributed by atoms with Crippen LogP contribution in [0.2, 0.25) is 0 Å². The van der Waals surface area contributed by atoms with Crippen LogP contribution in [0.15, 0.2) is 71.2 Å². The van der Waals surface area contributed by atoms with Gasteiger partial charge >= 0.3 is 0 Å². The summed E-state index contributed by atoms with van der Waals surface area (Å²) in [5.41, 5.74) is 4.38. The quantitative estimate of drug-likeness (QED) is 0.440. The second kappa shape index (κ2) is 8.21. The number of anilines is 1. The van der Waals surface area contributed by atoms with Gasteiger partial charge in [-0.05, 0) is 70.4 Å². The molecule has 0 aliphatic carbocycles. The summed E-state index contributed by atoms with van der Waals surface area (Å²) in [5, 5.41) is 0. The first-order chi connectivity index (χ1) is 14.1. The molecule has 3 nitrogen and oxygen atoms in total. The Bertz CT molecular complexity index is 1090. The van der Waals surface area contributed by atoms with Crippen LogP contribution in [0.25, 0.3) is 11.6 Å². The summed E-state index contributed by atoms with van der Waals surface area (Å²) in [5.74, 6) is 0.434. The number of hydrogen-bond donors (Lipinski definition) is 0. The third-order valence-corrected chi connectivity index (χ3v) is 5.47. The molecule has 0 atom stereocenters. The van der Waals surface area contributed by atoms with Crippen molar-refractivity contribution in [2.75, 3.05) is 11.4 Å². The van der Waals surface area contributed by atoms with Crippen molar-refractivity contribution >= 4 is 39.2 Å². The average Bonchev–Trinajstić information content (AvgIpc) is 2.99. The first-order valence-electron chi connectivity index (χ1n) is 9.36. The van der Waals surface area contributed by atoms with Crippen molar-refractivity contribution in [2.45, 2.75) is 13.5 Å². The number of rotatable bonds is 5. The number of para-hydroxylation sites is 1. The first-order valence-corrected chi connectivity index (χ1v) is 10.2. The summed E-state index contributed by atoms with van der Waals surface area (Å²) in [6, 6.07) is 19.8. The van der Waals surface area contributed by atoms with Gasteiger partial charge in [-0.25, -0.2) is 4.39 Å². The van der Waals surface area contributed by atoms with Gasteiger partial charge in [0.1, 0.15) is 18.2 Å². The Morgan fingerprint density at radius 1 is 1.07 bits per heavy atom. The number of carbonyl (C=O) groups excluding carboxylic acids is 1. The predicted molar refractivity (Wildman–Crippen MR) is 117 cm³/mol. The lowest BCUT2D eigenvalue weighted by molar-refractivity contribution is -0.112. The van der Waals surface area contributed by atoms with E-state index >= 15 is 0 Å². The van der Waals surface area contributed by atoms with E-state index in [0.29, 0.717) is 24.5 Å². The molecule has 0 unspecified atom stereocenters. The van der Waals surface area contributed by atoms with Crippen molar-refractivity contribution in [2.24, 2.45) is 0 Å². The highest BCUT2D eigenvalue weighted by atomic mass is 79.9. The predicted octanol–water partition coefficient (Wildman–Crippen LogP) is 6.07. The number of ether oxygens (including phenoxy) is 1. The van der Waals surface area contributed by atoms with E-state index < -0.39 is 0 Å². The number of carbonyl (C=O) groups is 1. The molecule has 1 amide bonds. The molecule has 0 aromatic heterocycles. The molecule has 0 bridgehead atoms. The van der Waals surface area contributed by atoms with Crippen LogP contribution in [0.1, 0.15) is 23.6 Å². The largest absolute Gasteiger partial charge is 0.488 e. The maximum absolute atomic E-state index is 13.0. The highest BCUT2D eigenvalue weighted by Gasteiger charge is 2.30. The number of nitrogens with zero attached hydrogens (tertiary/aromatic N) is 1. The van der Waals surface area contributed by atoms with E-state index in [1.807, 2.05) is 55.5 Å². The number of fused-ring (bicyclic) bond motifs is 1. The number of halogens is 2. The summed E-state index contributed by atoms with van der Waals surface area (Å²) in [4.78, 5) is 14.6. The van der Waals surface area contributed by atoms with Crippen LogP contribution >= 0.6 is 15.9 Å². The molecule has 0 spiro atoms. The van der Waals surface area contributed by atoms with Crippen LogP contribution in [0.4, 0.5) is 10.1 Å². The number of benzene rings is 3. The van der Waals surface area contributed by atoms with Gasteiger partial charge in [0.25, 0.3) is 5.91 Å². The second-order valence-corrected chi connectivity index (χ2v) is 7.58. The monoisotopic (exact) mass is 451 g/mol. The van der Waals surface area contributed by atoms with E-state index in [4.69, 9.17) is 4.74 Å². The maximum Gasteiger partial charge on any atom is 0.258 e. The molecule has 1 heterocycles. The standard InChI is InChI=1S/C24H19BrFNO2/c1-2-27-22-6-4-3-5-19(22)20(24(27)28)13-17-9-12-23(21(25)14-17)29-15-16-7-10-18(26)11-8-16/h3-14H,2,15H2,1H3/b20-13-. The molecule has 0 N–H and O–H groups in total. The fourth-order valence-corrected chi connectivity index (χ4v) is 3.90. The molecule has 0 saturated carbocycles. The molecule has 1 aliphatic rings. The van der Waals surface area contributed by atoms with Gasteiger partial charge in [0.2, 0.25) is 0 Å². The zero-order valence-corrected chi connectivity index (χ0v) is 17.4. The highest BCUT2D eigenvalue weighted by molar-refractivity contribution is 9.10. The van der Waals surface area contributed by atoms with Gasteiger partial charge < -0.3 is 9.64 Å². The molecule has 4 rings (SSSR count). The van der Waals surface area contributed by atoms with Crippen LogP contribution in [0, 0.1) is 5.82 Å². The highest BCUT2D eigenvalue weighted by Crippen LogP contribution is 2.38. The third-order valence-electron chi connectivity index (χ3n) is 4.85. The summed E-state index contributed by atoms with van der Waals surface area (Å²) in [6.07, 6.45) is 1.91. The fraction of sp³-hybridized carbons (Fsp3) is 0.125. The zero-order valence-electron chi connectivity index (χ0n) is 15.9. The molecule has 3 aromatic carbocycles. The van der Waals surface area contributed by atoms with Crippen molar-refractivity contribution in [1.29, 1.82) is 0 Å². The molecular weight excluding hydrogens is 433 g/mol. The summed E-state index contributed by atoms with van der Waals surface area (Å²) in [6.45, 7) is 2.95. The van der Waals surface area contributed by atoms with E-state index in [0.717, 1.165) is 26.9 Å². The summed E-state index contributed by atoms with van der Waals surface area (Å²) < 4.78 is 19.6. The lowest BCUT2D eigenvalue weighted by Gasteiger charge is -2.13. The smallest absolute Gasteiger partial charge is 0.258 e. The molecule has 0 fully saturated rings. The van der Waals surface area contributed by atoms with Crippen LogP contribution in [-0.4, -0.2) is 12.5 Å². The first kappa shape index (κ1) is 19.4. The van der Waals surface area contributed by atoms with E-state index in [1.54, 1.807) is 17.0 Å².